The van der Waals surface area contributed by atoms with E-state index in [1.165, 1.54) is 17.7 Å². The van der Waals surface area contributed by atoms with E-state index in [0.29, 0.717) is 6.61 Å². The Morgan fingerprint density at radius 1 is 1.15 bits per heavy atom. The van der Waals surface area contributed by atoms with Gasteiger partial charge in [0, 0.05) is 17.5 Å². The second-order valence-corrected chi connectivity index (χ2v) is 8.67. The summed E-state index contributed by atoms with van der Waals surface area (Å²) in [6, 6.07) is 17.0. The number of carbonyl (C=O) groups is 1. The first kappa shape index (κ1) is 21.2. The number of ether oxygens (including phenoxy) is 1. The van der Waals surface area contributed by atoms with Gasteiger partial charge in [-0.2, -0.15) is 0 Å². The van der Waals surface area contributed by atoms with Crippen molar-refractivity contribution in [3.8, 4) is 11.4 Å². The highest BCUT2D eigenvalue weighted by Crippen LogP contribution is 2.37. The molecule has 0 saturated heterocycles. The highest BCUT2D eigenvalue weighted by molar-refractivity contribution is 5.78. The first-order valence-corrected chi connectivity index (χ1v) is 11.1. The van der Waals surface area contributed by atoms with E-state index in [0.717, 1.165) is 57.8 Å². The van der Waals surface area contributed by atoms with Crippen LogP contribution in [0.1, 0.15) is 40.4 Å². The molecule has 0 amide bonds. The van der Waals surface area contributed by atoms with Crippen molar-refractivity contribution < 1.29 is 19.0 Å². The molecule has 2 heterocycles. The summed E-state index contributed by atoms with van der Waals surface area (Å²) >= 11 is 0. The minimum atomic E-state index is -0.806. The molecule has 0 radical (unpaired) electrons. The molecule has 1 atom stereocenters. The lowest BCUT2D eigenvalue weighted by Crippen LogP contribution is -2.07. The lowest BCUT2D eigenvalue weighted by atomic mass is 9.94. The molecule has 1 aliphatic heterocycles. The Kier molecular flexibility index (Phi) is 5.36. The van der Waals surface area contributed by atoms with E-state index < -0.39 is 5.97 Å². The second-order valence-electron chi connectivity index (χ2n) is 8.67. The fraction of sp³-hybridized carbons (Fsp3) is 0.259. The summed E-state index contributed by atoms with van der Waals surface area (Å²) in [6.45, 7) is 4.45. The Hall–Kier alpha value is -3.67. The number of aryl methyl sites for hydroxylation is 3. The van der Waals surface area contributed by atoms with Gasteiger partial charge in [0.05, 0.1) is 29.7 Å². The van der Waals surface area contributed by atoms with Crippen LogP contribution < -0.4 is 4.74 Å². The third-order valence-corrected chi connectivity index (χ3v) is 6.50. The standard InChI is InChI=1S/C27H25FN2O3/c1-16-19(8-6-18-7-10-22-20(13-27(31)32)15-33-26(22)12-18)4-3-5-24(16)30-17(2)29-23-11-9-21(28)14-25(23)30/h3-5,7,9-12,14,20H,6,8,13,15H2,1-2H3,(H,31,32)/t20-/m1/s1. The molecule has 6 heteroatoms. The summed E-state index contributed by atoms with van der Waals surface area (Å²) in [5, 5.41) is 9.09. The molecule has 0 bridgehead atoms. The fourth-order valence-electron chi connectivity index (χ4n) is 4.79. The lowest BCUT2D eigenvalue weighted by molar-refractivity contribution is -0.137. The summed E-state index contributed by atoms with van der Waals surface area (Å²) in [7, 11) is 0. The summed E-state index contributed by atoms with van der Waals surface area (Å²) in [5.41, 5.74) is 7.04. The molecular weight excluding hydrogens is 419 g/mol. The molecular formula is C27H25FN2O3. The van der Waals surface area contributed by atoms with Gasteiger partial charge in [0.2, 0.25) is 0 Å². The molecule has 4 aromatic rings. The van der Waals surface area contributed by atoms with Crippen LogP contribution in [0.4, 0.5) is 4.39 Å². The van der Waals surface area contributed by atoms with E-state index in [4.69, 9.17) is 9.84 Å². The average Bonchev–Trinajstić information content (AvgIpc) is 3.32. The lowest BCUT2D eigenvalue weighted by Gasteiger charge is -2.15. The summed E-state index contributed by atoms with van der Waals surface area (Å²) in [6.07, 6.45) is 1.77. The predicted molar refractivity (Wildman–Crippen MR) is 125 cm³/mol. The number of nitrogens with zero attached hydrogens (tertiary/aromatic N) is 2. The van der Waals surface area contributed by atoms with Crippen LogP contribution >= 0.6 is 0 Å². The van der Waals surface area contributed by atoms with Gasteiger partial charge in [-0.1, -0.05) is 24.3 Å². The molecule has 33 heavy (non-hydrogen) atoms. The maximum absolute atomic E-state index is 13.9. The molecule has 0 unspecified atom stereocenters. The van der Waals surface area contributed by atoms with Crippen LogP contribution in [0.3, 0.4) is 0 Å². The molecule has 0 saturated carbocycles. The van der Waals surface area contributed by atoms with Gasteiger partial charge in [0.15, 0.2) is 0 Å². The zero-order valence-electron chi connectivity index (χ0n) is 18.6. The minimum absolute atomic E-state index is 0.0800. The van der Waals surface area contributed by atoms with Crippen molar-refractivity contribution in [3.63, 3.8) is 0 Å². The Balaban J connectivity index is 1.40. The van der Waals surface area contributed by atoms with E-state index in [9.17, 15) is 9.18 Å². The van der Waals surface area contributed by atoms with Gasteiger partial charge < -0.3 is 9.84 Å². The topological polar surface area (TPSA) is 64.3 Å². The Bertz CT molecular complexity index is 1380. The predicted octanol–water partition coefficient (Wildman–Crippen LogP) is 5.52. The summed E-state index contributed by atoms with van der Waals surface area (Å²) in [4.78, 5) is 15.7. The molecule has 0 aliphatic carbocycles. The van der Waals surface area contributed by atoms with E-state index in [1.807, 2.05) is 35.8 Å². The van der Waals surface area contributed by atoms with Crippen molar-refractivity contribution in [2.75, 3.05) is 6.61 Å². The number of aliphatic carboxylic acids is 1. The van der Waals surface area contributed by atoms with Gasteiger partial charge in [0.1, 0.15) is 17.4 Å². The Labute approximate surface area is 191 Å². The van der Waals surface area contributed by atoms with E-state index in [1.54, 1.807) is 6.07 Å². The van der Waals surface area contributed by atoms with Crippen LogP contribution in [0.5, 0.6) is 5.75 Å². The van der Waals surface area contributed by atoms with E-state index in [2.05, 4.69) is 24.0 Å². The third-order valence-electron chi connectivity index (χ3n) is 6.50. The van der Waals surface area contributed by atoms with Gasteiger partial charge in [-0.25, -0.2) is 9.37 Å². The van der Waals surface area contributed by atoms with Crippen LogP contribution in [0.15, 0.2) is 54.6 Å². The normalized spacial score (nSPS) is 14.9. The average molecular weight is 445 g/mol. The number of benzene rings is 3. The van der Waals surface area contributed by atoms with Crippen LogP contribution in [0, 0.1) is 19.7 Å². The first-order valence-electron chi connectivity index (χ1n) is 11.1. The number of aromatic nitrogens is 2. The number of rotatable bonds is 6. The van der Waals surface area contributed by atoms with Crippen molar-refractivity contribution in [2.24, 2.45) is 0 Å². The first-order chi connectivity index (χ1) is 15.9. The second kappa shape index (κ2) is 8.35. The quantitative estimate of drug-likeness (QED) is 0.425. The minimum Gasteiger partial charge on any atom is -0.493 e. The van der Waals surface area contributed by atoms with Crippen molar-refractivity contribution in [1.29, 1.82) is 0 Å². The molecule has 5 nitrogen and oxygen atoms in total. The van der Waals surface area contributed by atoms with Crippen LogP contribution in [-0.2, 0) is 17.6 Å². The van der Waals surface area contributed by atoms with Gasteiger partial charge in [-0.15, -0.1) is 0 Å². The Morgan fingerprint density at radius 2 is 2.00 bits per heavy atom. The summed E-state index contributed by atoms with van der Waals surface area (Å²) < 4.78 is 21.7. The van der Waals surface area contributed by atoms with Gasteiger partial charge >= 0.3 is 5.97 Å². The SMILES string of the molecule is Cc1c(CCc2ccc3c(c2)OC[C@H]3CC(=O)O)cccc1-n1c(C)nc2ccc(F)cc21. The molecule has 0 fully saturated rings. The van der Waals surface area contributed by atoms with E-state index >= 15 is 0 Å². The maximum Gasteiger partial charge on any atom is 0.304 e. The van der Waals surface area contributed by atoms with Gasteiger partial charge in [0.25, 0.3) is 0 Å². The van der Waals surface area contributed by atoms with Crippen LogP contribution in [-0.4, -0.2) is 27.2 Å². The third kappa shape index (κ3) is 3.97. The van der Waals surface area contributed by atoms with Crippen molar-refractivity contribution in [2.45, 2.75) is 39.0 Å². The highest BCUT2D eigenvalue weighted by atomic mass is 19.1. The van der Waals surface area contributed by atoms with Gasteiger partial charge in [-0.05, 0) is 67.6 Å². The molecule has 5 rings (SSSR count). The van der Waals surface area contributed by atoms with E-state index in [-0.39, 0.29) is 18.2 Å². The number of hydrogen-bond donors (Lipinski definition) is 1. The van der Waals surface area contributed by atoms with Crippen LogP contribution in [0.2, 0.25) is 0 Å². The monoisotopic (exact) mass is 444 g/mol. The molecule has 1 aliphatic rings. The number of fused-ring (bicyclic) bond motifs is 2. The number of halogens is 1. The zero-order chi connectivity index (χ0) is 23.1. The van der Waals surface area contributed by atoms with Crippen molar-refractivity contribution in [1.82, 2.24) is 9.55 Å². The van der Waals surface area contributed by atoms with Crippen molar-refractivity contribution >= 4 is 17.0 Å². The number of imidazole rings is 1. The molecule has 168 valence electrons. The maximum atomic E-state index is 13.9. The number of hydrogen-bond acceptors (Lipinski definition) is 3. The Morgan fingerprint density at radius 3 is 2.82 bits per heavy atom. The molecule has 1 N–H and O–H groups in total. The molecule has 1 aromatic heterocycles. The highest BCUT2D eigenvalue weighted by Gasteiger charge is 2.26. The van der Waals surface area contributed by atoms with Crippen molar-refractivity contribution in [3.05, 3.63) is 88.5 Å². The van der Waals surface area contributed by atoms with Gasteiger partial charge in [-0.3, -0.25) is 9.36 Å². The molecule has 3 aromatic carbocycles. The fourth-order valence-corrected chi connectivity index (χ4v) is 4.79. The zero-order valence-corrected chi connectivity index (χ0v) is 18.6. The largest absolute Gasteiger partial charge is 0.493 e. The molecule has 0 spiro atoms. The summed E-state index contributed by atoms with van der Waals surface area (Å²) in [5.74, 6) is 0.458. The smallest absolute Gasteiger partial charge is 0.304 e. The van der Waals surface area contributed by atoms with Crippen LogP contribution in [0.25, 0.3) is 16.7 Å². The number of carboxylic acids is 1. The number of carboxylic acid groups (broad SMARTS) is 1.